The van der Waals surface area contributed by atoms with E-state index in [4.69, 9.17) is 8.83 Å². The average Bonchev–Trinajstić information content (AvgIpc) is 3.85. The molecule has 0 bridgehead atoms. The van der Waals surface area contributed by atoms with Crippen LogP contribution in [0.15, 0.2) is 179 Å². The number of anilines is 3. The van der Waals surface area contributed by atoms with E-state index in [0.29, 0.717) is 0 Å². The number of hydrogen-bond acceptors (Lipinski definition) is 3. The molecular formula is C46H28N2O2. The first-order valence-corrected chi connectivity index (χ1v) is 16.9. The smallest absolute Gasteiger partial charge is 0.136 e. The zero-order valence-electron chi connectivity index (χ0n) is 26.9. The maximum atomic E-state index is 6.31. The summed E-state index contributed by atoms with van der Waals surface area (Å²) in [6.07, 6.45) is 0. The van der Waals surface area contributed by atoms with Crippen LogP contribution in [0.2, 0.25) is 0 Å². The zero-order chi connectivity index (χ0) is 32.8. The van der Waals surface area contributed by atoms with Gasteiger partial charge in [0.1, 0.15) is 22.3 Å². The van der Waals surface area contributed by atoms with Crippen molar-refractivity contribution >= 4 is 93.5 Å². The first-order chi connectivity index (χ1) is 24.8. The highest BCUT2D eigenvalue weighted by atomic mass is 16.3. The van der Waals surface area contributed by atoms with Gasteiger partial charge in [0.2, 0.25) is 0 Å². The third-order valence-corrected chi connectivity index (χ3v) is 10.2. The van der Waals surface area contributed by atoms with Gasteiger partial charge in [-0.2, -0.15) is 0 Å². The van der Waals surface area contributed by atoms with E-state index < -0.39 is 0 Å². The van der Waals surface area contributed by atoms with Crippen LogP contribution in [0.4, 0.5) is 17.1 Å². The van der Waals surface area contributed by atoms with Gasteiger partial charge in [-0.1, -0.05) is 84.9 Å². The molecule has 0 aliphatic rings. The van der Waals surface area contributed by atoms with Gasteiger partial charge in [-0.3, -0.25) is 0 Å². The zero-order valence-corrected chi connectivity index (χ0v) is 26.9. The van der Waals surface area contributed by atoms with Crippen molar-refractivity contribution in [1.29, 1.82) is 0 Å². The Morgan fingerprint density at radius 2 is 0.960 bits per heavy atom. The monoisotopic (exact) mass is 640 g/mol. The van der Waals surface area contributed by atoms with E-state index in [0.717, 1.165) is 77.4 Å². The van der Waals surface area contributed by atoms with Crippen LogP contribution in [-0.4, -0.2) is 4.57 Å². The number of rotatable bonds is 4. The van der Waals surface area contributed by atoms with Gasteiger partial charge in [0, 0.05) is 54.8 Å². The largest absolute Gasteiger partial charge is 0.456 e. The van der Waals surface area contributed by atoms with E-state index in [2.05, 4.69) is 155 Å². The molecule has 0 spiro atoms. The van der Waals surface area contributed by atoms with Gasteiger partial charge in [-0.05, 0) is 90.3 Å². The lowest BCUT2D eigenvalue weighted by atomic mass is 10.0. The molecule has 11 rings (SSSR count). The summed E-state index contributed by atoms with van der Waals surface area (Å²) in [5.41, 5.74) is 10.3. The summed E-state index contributed by atoms with van der Waals surface area (Å²) in [7, 11) is 0. The van der Waals surface area contributed by atoms with Gasteiger partial charge in [-0.15, -0.1) is 0 Å². The Labute approximate surface area is 286 Å². The fraction of sp³-hybridized carbons (Fsp3) is 0. The molecule has 3 heterocycles. The molecule has 0 aliphatic carbocycles. The van der Waals surface area contributed by atoms with Gasteiger partial charge in [0.05, 0.1) is 16.7 Å². The minimum atomic E-state index is 0.876. The summed E-state index contributed by atoms with van der Waals surface area (Å²) >= 11 is 0. The van der Waals surface area contributed by atoms with Gasteiger partial charge in [0.25, 0.3) is 0 Å². The minimum absolute atomic E-state index is 0.876. The molecule has 0 aliphatic heterocycles. The molecule has 11 aromatic rings. The van der Waals surface area contributed by atoms with Crippen LogP contribution in [0.5, 0.6) is 0 Å². The second-order valence-corrected chi connectivity index (χ2v) is 12.9. The number of nitrogens with zero attached hydrogens (tertiary/aromatic N) is 2. The van der Waals surface area contributed by atoms with Gasteiger partial charge >= 0.3 is 0 Å². The summed E-state index contributed by atoms with van der Waals surface area (Å²) in [6.45, 7) is 0. The van der Waals surface area contributed by atoms with Crippen LogP contribution >= 0.6 is 0 Å². The molecule has 0 amide bonds. The second-order valence-electron chi connectivity index (χ2n) is 12.9. The van der Waals surface area contributed by atoms with E-state index in [-0.39, 0.29) is 0 Å². The Morgan fingerprint density at radius 3 is 1.82 bits per heavy atom. The topological polar surface area (TPSA) is 34.5 Å². The molecule has 3 aromatic heterocycles. The lowest BCUT2D eigenvalue weighted by molar-refractivity contribution is 0.668. The van der Waals surface area contributed by atoms with Crippen LogP contribution in [-0.2, 0) is 0 Å². The maximum absolute atomic E-state index is 6.31. The van der Waals surface area contributed by atoms with Crippen LogP contribution in [0.3, 0.4) is 0 Å². The van der Waals surface area contributed by atoms with Crippen molar-refractivity contribution in [3.63, 3.8) is 0 Å². The highest BCUT2D eigenvalue weighted by Crippen LogP contribution is 2.45. The number of hydrogen-bond donors (Lipinski definition) is 0. The Hall–Kier alpha value is -6.78. The predicted octanol–water partition coefficient (Wildman–Crippen LogP) is 13.2. The molecule has 234 valence electrons. The Kier molecular flexibility index (Phi) is 5.63. The fourth-order valence-corrected chi connectivity index (χ4v) is 8.00. The molecule has 4 heteroatoms. The molecule has 50 heavy (non-hydrogen) atoms. The highest BCUT2D eigenvalue weighted by molar-refractivity contribution is 6.21. The quantitative estimate of drug-likeness (QED) is 0.192. The number of aromatic nitrogens is 1. The van der Waals surface area contributed by atoms with Crippen molar-refractivity contribution in [2.75, 3.05) is 4.90 Å². The van der Waals surface area contributed by atoms with Crippen LogP contribution in [0.25, 0.3) is 82.1 Å². The van der Waals surface area contributed by atoms with E-state index in [1.807, 2.05) is 24.3 Å². The molecule has 8 aromatic carbocycles. The average molecular weight is 641 g/mol. The second kappa shape index (κ2) is 10.4. The number of furan rings is 2. The van der Waals surface area contributed by atoms with Crippen molar-refractivity contribution < 1.29 is 8.83 Å². The van der Waals surface area contributed by atoms with Gasteiger partial charge in [0.15, 0.2) is 0 Å². The van der Waals surface area contributed by atoms with Crippen molar-refractivity contribution in [3.05, 3.63) is 170 Å². The highest BCUT2D eigenvalue weighted by Gasteiger charge is 2.21. The summed E-state index contributed by atoms with van der Waals surface area (Å²) < 4.78 is 14.9. The van der Waals surface area contributed by atoms with Gasteiger partial charge < -0.3 is 18.3 Å². The van der Waals surface area contributed by atoms with Crippen LogP contribution in [0.1, 0.15) is 0 Å². The number of fused-ring (bicyclic) bond motifs is 11. The summed E-state index contributed by atoms with van der Waals surface area (Å²) in [5, 5.41) is 9.18. The van der Waals surface area contributed by atoms with Crippen molar-refractivity contribution in [2.24, 2.45) is 0 Å². The van der Waals surface area contributed by atoms with Crippen molar-refractivity contribution in [3.8, 4) is 5.69 Å². The van der Waals surface area contributed by atoms with Crippen LogP contribution in [0, 0.1) is 0 Å². The van der Waals surface area contributed by atoms with Crippen molar-refractivity contribution in [1.82, 2.24) is 4.57 Å². The minimum Gasteiger partial charge on any atom is -0.456 e. The summed E-state index contributed by atoms with van der Waals surface area (Å²) in [6, 6.07) is 60.2. The number of para-hydroxylation sites is 4. The molecule has 4 nitrogen and oxygen atoms in total. The van der Waals surface area contributed by atoms with E-state index >= 15 is 0 Å². The lowest BCUT2D eigenvalue weighted by Crippen LogP contribution is -2.10. The fourth-order valence-electron chi connectivity index (χ4n) is 8.00. The van der Waals surface area contributed by atoms with E-state index in [1.54, 1.807) is 0 Å². The normalized spacial score (nSPS) is 12.0. The Balaban J connectivity index is 1.22. The Bertz CT molecular complexity index is 3110. The molecular weight excluding hydrogens is 613 g/mol. The molecule has 0 unspecified atom stereocenters. The van der Waals surface area contributed by atoms with Gasteiger partial charge in [-0.25, -0.2) is 0 Å². The first kappa shape index (κ1) is 27.2. The molecule has 0 fully saturated rings. The predicted molar refractivity (Wildman–Crippen MR) is 208 cm³/mol. The first-order valence-electron chi connectivity index (χ1n) is 16.9. The number of benzene rings is 8. The SMILES string of the molecule is c1ccc(-n2c3ccccc3c3cc(N(c4ccc5oc6ccccc6c5c4)c4cccc5c4ccc4oc6ccccc6c45)ccc32)cc1. The Morgan fingerprint density at radius 1 is 0.360 bits per heavy atom. The summed E-state index contributed by atoms with van der Waals surface area (Å²) in [5.74, 6) is 0. The molecule has 0 radical (unpaired) electrons. The standard InChI is InChI=1S/C46H28N2O2/c1-2-11-29(12-3-1)48-40-17-7-4-13-32(40)37-27-30(21-24-41(37)48)47(31-22-25-44-38(28-31)34-14-5-8-19-42(34)49-44)39-18-10-16-35-33(39)23-26-45-46(35)36-15-6-9-20-43(36)50-45/h1-28H. The van der Waals surface area contributed by atoms with Crippen LogP contribution < -0.4 is 4.90 Å². The van der Waals surface area contributed by atoms with Crippen molar-refractivity contribution in [2.45, 2.75) is 0 Å². The third kappa shape index (κ3) is 3.87. The third-order valence-electron chi connectivity index (χ3n) is 10.2. The molecule has 0 saturated carbocycles. The van der Waals surface area contributed by atoms with E-state index in [1.165, 1.54) is 21.8 Å². The summed E-state index contributed by atoms with van der Waals surface area (Å²) in [4.78, 5) is 2.39. The molecule has 0 saturated heterocycles. The molecule has 0 N–H and O–H groups in total. The maximum Gasteiger partial charge on any atom is 0.136 e. The lowest BCUT2D eigenvalue weighted by Gasteiger charge is -2.27. The molecule has 0 atom stereocenters. The van der Waals surface area contributed by atoms with E-state index in [9.17, 15) is 0 Å².